The highest BCUT2D eigenvalue weighted by Crippen LogP contribution is 2.18. The monoisotopic (exact) mass is 191 g/mol. The topological polar surface area (TPSA) is 44.5 Å². The Morgan fingerprint density at radius 2 is 2.00 bits per heavy atom. The molecule has 1 aliphatic carbocycles. The highest BCUT2D eigenvalue weighted by Gasteiger charge is 2.31. The van der Waals surface area contributed by atoms with E-state index in [2.05, 4.69) is 0 Å². The van der Waals surface area contributed by atoms with E-state index in [0.717, 1.165) is 0 Å². The molecule has 3 nitrogen and oxygen atoms in total. The van der Waals surface area contributed by atoms with Crippen LogP contribution >= 0.6 is 12.4 Å². The van der Waals surface area contributed by atoms with E-state index in [9.17, 15) is 0 Å². The van der Waals surface area contributed by atoms with Crippen molar-refractivity contribution in [2.75, 3.05) is 14.2 Å². The molecular formula is C8H14ClNO2. The summed E-state index contributed by atoms with van der Waals surface area (Å²) in [5.74, 6) is 0. The molecule has 2 N–H and O–H groups in total. The fraction of sp³-hybridized carbons (Fsp3) is 0.500. The van der Waals surface area contributed by atoms with Gasteiger partial charge in [0.1, 0.15) is 6.10 Å². The molecule has 0 fully saturated rings. The first kappa shape index (κ1) is 11.6. The Bertz CT molecular complexity index is 193. The van der Waals surface area contributed by atoms with Gasteiger partial charge in [0.2, 0.25) is 0 Å². The molecule has 0 saturated heterocycles. The van der Waals surface area contributed by atoms with Crippen molar-refractivity contribution in [2.24, 2.45) is 5.73 Å². The zero-order valence-electron chi connectivity index (χ0n) is 7.19. The molecule has 0 saturated carbocycles. The lowest BCUT2D eigenvalue weighted by Gasteiger charge is -2.31. The van der Waals surface area contributed by atoms with Gasteiger partial charge in [-0.05, 0) is 6.08 Å². The molecule has 0 aromatic carbocycles. The van der Waals surface area contributed by atoms with Crippen LogP contribution in [0.5, 0.6) is 0 Å². The van der Waals surface area contributed by atoms with Crippen LogP contribution in [0.25, 0.3) is 0 Å². The maximum atomic E-state index is 5.83. The van der Waals surface area contributed by atoms with E-state index >= 15 is 0 Å². The highest BCUT2D eigenvalue weighted by atomic mass is 35.5. The summed E-state index contributed by atoms with van der Waals surface area (Å²) in [4.78, 5) is 0. The van der Waals surface area contributed by atoms with Crippen molar-refractivity contribution in [1.82, 2.24) is 0 Å². The number of hydrogen-bond acceptors (Lipinski definition) is 3. The standard InChI is InChI=1S/C8H13NO2.ClH/c1-10-7-5-3-4-6-8(7,9)11-2;/h3-7H,9H2,1-2H3;1H. The smallest absolute Gasteiger partial charge is 0.165 e. The van der Waals surface area contributed by atoms with Gasteiger partial charge < -0.3 is 9.47 Å². The average Bonchev–Trinajstić information content (AvgIpc) is 2.05. The van der Waals surface area contributed by atoms with Crippen LogP contribution in [0.1, 0.15) is 0 Å². The summed E-state index contributed by atoms with van der Waals surface area (Å²) in [5.41, 5.74) is 5.03. The van der Waals surface area contributed by atoms with Gasteiger partial charge in [-0.15, -0.1) is 12.4 Å². The van der Waals surface area contributed by atoms with Crippen molar-refractivity contribution in [3.8, 4) is 0 Å². The second-order valence-corrected chi connectivity index (χ2v) is 2.46. The minimum atomic E-state index is -0.802. The van der Waals surface area contributed by atoms with E-state index in [0.29, 0.717) is 0 Å². The molecule has 0 bridgehead atoms. The number of ether oxygens (including phenoxy) is 2. The maximum absolute atomic E-state index is 5.83. The van der Waals surface area contributed by atoms with Crippen molar-refractivity contribution < 1.29 is 9.47 Å². The normalized spacial score (nSPS) is 33.1. The Morgan fingerprint density at radius 1 is 1.33 bits per heavy atom. The predicted molar refractivity (Wildman–Crippen MR) is 50.3 cm³/mol. The third-order valence-electron chi connectivity index (χ3n) is 1.81. The van der Waals surface area contributed by atoms with Gasteiger partial charge in [0.05, 0.1) is 0 Å². The van der Waals surface area contributed by atoms with Gasteiger partial charge in [-0.3, -0.25) is 5.73 Å². The molecule has 0 amide bonds. The zero-order valence-corrected chi connectivity index (χ0v) is 8.01. The molecule has 12 heavy (non-hydrogen) atoms. The van der Waals surface area contributed by atoms with Crippen LogP contribution in [-0.2, 0) is 9.47 Å². The minimum absolute atomic E-state index is 0. The number of allylic oxidation sites excluding steroid dienone is 2. The van der Waals surface area contributed by atoms with Crippen LogP contribution in [0, 0.1) is 0 Å². The zero-order chi connectivity index (χ0) is 8.32. The summed E-state index contributed by atoms with van der Waals surface area (Å²) in [7, 11) is 3.17. The Balaban J connectivity index is 0.00000121. The van der Waals surface area contributed by atoms with Gasteiger partial charge in [0.25, 0.3) is 0 Å². The third kappa shape index (κ3) is 2.08. The molecular weight excluding hydrogens is 178 g/mol. The lowest BCUT2D eigenvalue weighted by atomic mass is 10.0. The van der Waals surface area contributed by atoms with Crippen LogP contribution < -0.4 is 5.73 Å². The van der Waals surface area contributed by atoms with E-state index in [1.807, 2.05) is 18.2 Å². The van der Waals surface area contributed by atoms with Crippen molar-refractivity contribution in [2.45, 2.75) is 11.8 Å². The van der Waals surface area contributed by atoms with Gasteiger partial charge in [0.15, 0.2) is 5.72 Å². The quantitative estimate of drug-likeness (QED) is 0.659. The van der Waals surface area contributed by atoms with Crippen molar-refractivity contribution in [1.29, 1.82) is 0 Å². The molecule has 0 spiro atoms. The summed E-state index contributed by atoms with van der Waals surface area (Å²) in [6.07, 6.45) is 7.18. The number of rotatable bonds is 2. The summed E-state index contributed by atoms with van der Waals surface area (Å²) in [6.45, 7) is 0. The fourth-order valence-corrected chi connectivity index (χ4v) is 1.06. The van der Waals surface area contributed by atoms with E-state index < -0.39 is 5.72 Å². The summed E-state index contributed by atoms with van der Waals surface area (Å²) >= 11 is 0. The SMILES string of the molecule is COC1C=CC=CC1(N)OC.Cl. The van der Waals surface area contributed by atoms with Gasteiger partial charge in [-0.1, -0.05) is 18.2 Å². The summed E-state index contributed by atoms with van der Waals surface area (Å²) in [5, 5.41) is 0. The molecule has 2 unspecified atom stereocenters. The summed E-state index contributed by atoms with van der Waals surface area (Å²) < 4.78 is 10.2. The molecule has 0 aromatic rings. The number of halogens is 1. The maximum Gasteiger partial charge on any atom is 0.165 e. The molecule has 0 radical (unpaired) electrons. The molecule has 1 rings (SSSR count). The van der Waals surface area contributed by atoms with E-state index in [1.54, 1.807) is 20.3 Å². The molecule has 1 aliphatic rings. The molecule has 2 atom stereocenters. The Labute approximate surface area is 78.6 Å². The van der Waals surface area contributed by atoms with Crippen molar-refractivity contribution >= 4 is 12.4 Å². The number of hydrogen-bond donors (Lipinski definition) is 1. The fourth-order valence-electron chi connectivity index (χ4n) is 1.06. The average molecular weight is 192 g/mol. The van der Waals surface area contributed by atoms with E-state index in [1.165, 1.54) is 0 Å². The van der Waals surface area contributed by atoms with Crippen molar-refractivity contribution in [3.05, 3.63) is 24.3 Å². The predicted octanol–water partition coefficient (Wildman–Crippen LogP) is 0.851. The van der Waals surface area contributed by atoms with Crippen LogP contribution in [-0.4, -0.2) is 26.0 Å². The lowest BCUT2D eigenvalue weighted by molar-refractivity contribution is -0.0623. The molecule has 0 aromatic heterocycles. The number of nitrogens with two attached hydrogens (primary N) is 1. The first-order valence-corrected chi connectivity index (χ1v) is 3.46. The van der Waals surface area contributed by atoms with Crippen molar-refractivity contribution in [3.63, 3.8) is 0 Å². The van der Waals surface area contributed by atoms with E-state index in [-0.39, 0.29) is 18.5 Å². The molecule has 0 heterocycles. The minimum Gasteiger partial charge on any atom is -0.373 e. The number of methoxy groups -OCH3 is 2. The van der Waals surface area contributed by atoms with E-state index in [4.69, 9.17) is 15.2 Å². The van der Waals surface area contributed by atoms with Gasteiger partial charge in [0, 0.05) is 14.2 Å². The lowest BCUT2D eigenvalue weighted by Crippen LogP contribution is -2.51. The van der Waals surface area contributed by atoms with Gasteiger partial charge in [-0.2, -0.15) is 0 Å². The van der Waals surface area contributed by atoms with Gasteiger partial charge >= 0.3 is 0 Å². The Hall–Kier alpha value is -0.350. The van der Waals surface area contributed by atoms with Crippen LogP contribution in [0.4, 0.5) is 0 Å². The van der Waals surface area contributed by atoms with Crippen LogP contribution in [0.3, 0.4) is 0 Å². The Kier molecular flexibility index (Phi) is 4.49. The van der Waals surface area contributed by atoms with Gasteiger partial charge in [-0.25, -0.2) is 0 Å². The third-order valence-corrected chi connectivity index (χ3v) is 1.81. The van der Waals surface area contributed by atoms with Crippen LogP contribution in [0.2, 0.25) is 0 Å². The second kappa shape index (κ2) is 4.62. The highest BCUT2D eigenvalue weighted by molar-refractivity contribution is 5.85. The summed E-state index contributed by atoms with van der Waals surface area (Å²) in [6, 6.07) is 0. The molecule has 70 valence electrons. The first-order chi connectivity index (χ1) is 5.23. The Morgan fingerprint density at radius 3 is 2.42 bits per heavy atom. The molecule has 0 aliphatic heterocycles. The molecule has 4 heteroatoms. The largest absolute Gasteiger partial charge is 0.373 e. The first-order valence-electron chi connectivity index (χ1n) is 3.46. The second-order valence-electron chi connectivity index (χ2n) is 2.46. The van der Waals surface area contributed by atoms with Crippen LogP contribution in [0.15, 0.2) is 24.3 Å².